The molecule has 0 unspecified atom stereocenters. The molecule has 0 fully saturated rings. The van der Waals surface area contributed by atoms with E-state index in [9.17, 15) is 13.2 Å². The highest BCUT2D eigenvalue weighted by molar-refractivity contribution is 5.27. The Balaban J connectivity index is 2.27. The molecule has 0 atom stereocenters. The first kappa shape index (κ1) is 13.8. The molecule has 0 aromatic heterocycles. The van der Waals surface area contributed by atoms with Crippen molar-refractivity contribution in [1.29, 1.82) is 0 Å². The summed E-state index contributed by atoms with van der Waals surface area (Å²) in [7, 11) is 0. The van der Waals surface area contributed by atoms with Gasteiger partial charge in [-0.2, -0.15) is 13.2 Å². The fourth-order valence-electron chi connectivity index (χ4n) is 1.33. The molecule has 0 radical (unpaired) electrons. The fourth-order valence-corrected chi connectivity index (χ4v) is 1.33. The summed E-state index contributed by atoms with van der Waals surface area (Å²) in [5, 5.41) is 2.75. The first-order chi connectivity index (χ1) is 8.01. The van der Waals surface area contributed by atoms with E-state index in [2.05, 4.69) is 5.32 Å². The third kappa shape index (κ3) is 6.16. The van der Waals surface area contributed by atoms with Crippen molar-refractivity contribution in [2.45, 2.75) is 26.1 Å². The zero-order chi connectivity index (χ0) is 12.7. The van der Waals surface area contributed by atoms with Crippen LogP contribution in [0.15, 0.2) is 24.3 Å². The molecule has 0 amide bonds. The van der Waals surface area contributed by atoms with Crippen LogP contribution in [0.3, 0.4) is 0 Å². The third-order valence-corrected chi connectivity index (χ3v) is 2.15. The molecule has 0 aliphatic carbocycles. The van der Waals surface area contributed by atoms with E-state index in [1.807, 2.05) is 31.2 Å². The predicted molar refractivity (Wildman–Crippen MR) is 60.0 cm³/mol. The molecule has 1 aromatic carbocycles. The van der Waals surface area contributed by atoms with Crippen LogP contribution < -0.4 is 10.1 Å². The van der Waals surface area contributed by atoms with Crippen LogP contribution in [0.4, 0.5) is 13.2 Å². The molecule has 0 saturated heterocycles. The Morgan fingerprint density at radius 2 is 1.82 bits per heavy atom. The van der Waals surface area contributed by atoms with Crippen molar-refractivity contribution in [3.8, 4) is 5.75 Å². The van der Waals surface area contributed by atoms with E-state index in [4.69, 9.17) is 4.74 Å². The van der Waals surface area contributed by atoms with Gasteiger partial charge in [0.15, 0.2) is 0 Å². The van der Waals surface area contributed by atoms with Gasteiger partial charge in [0.1, 0.15) is 5.75 Å². The Hall–Kier alpha value is -1.23. The highest BCUT2D eigenvalue weighted by Gasteiger charge is 2.25. The summed E-state index contributed by atoms with van der Waals surface area (Å²) in [6.45, 7) is 2.87. The largest absolute Gasteiger partial charge is 0.494 e. The Morgan fingerprint density at radius 1 is 1.18 bits per heavy atom. The molecule has 0 spiro atoms. The first-order valence-electron chi connectivity index (χ1n) is 5.50. The van der Waals surface area contributed by atoms with Crippen LogP contribution in [0, 0.1) is 0 Å². The van der Waals surface area contributed by atoms with Gasteiger partial charge in [0.25, 0.3) is 0 Å². The van der Waals surface area contributed by atoms with Crippen molar-refractivity contribution in [2.75, 3.05) is 13.2 Å². The minimum absolute atomic E-state index is 0.0588. The van der Waals surface area contributed by atoms with Crippen LogP contribution in [0.5, 0.6) is 5.75 Å². The monoisotopic (exact) mass is 247 g/mol. The standard InChI is InChI=1S/C12H16F3NO/c1-2-17-11-5-3-10(4-6-11)9-16-8-7-12(13,14)15/h3-6,16H,2,7-9H2,1H3. The van der Waals surface area contributed by atoms with Crippen LogP contribution in [0.2, 0.25) is 0 Å². The quantitative estimate of drug-likeness (QED) is 0.780. The van der Waals surface area contributed by atoms with E-state index in [0.717, 1.165) is 11.3 Å². The maximum Gasteiger partial charge on any atom is 0.390 e. The second-order valence-corrected chi connectivity index (χ2v) is 3.62. The van der Waals surface area contributed by atoms with Crippen LogP contribution in [0.25, 0.3) is 0 Å². The highest BCUT2D eigenvalue weighted by Crippen LogP contribution is 2.18. The van der Waals surface area contributed by atoms with Crippen molar-refractivity contribution in [3.05, 3.63) is 29.8 Å². The van der Waals surface area contributed by atoms with Crippen molar-refractivity contribution >= 4 is 0 Å². The van der Waals surface area contributed by atoms with Crippen molar-refractivity contribution in [1.82, 2.24) is 5.32 Å². The van der Waals surface area contributed by atoms with E-state index >= 15 is 0 Å². The normalized spacial score (nSPS) is 11.5. The second-order valence-electron chi connectivity index (χ2n) is 3.62. The summed E-state index contributed by atoms with van der Waals surface area (Å²) < 4.78 is 40.8. The maximum absolute atomic E-state index is 11.9. The zero-order valence-electron chi connectivity index (χ0n) is 9.68. The topological polar surface area (TPSA) is 21.3 Å². The molecule has 0 aliphatic heterocycles. The van der Waals surface area contributed by atoms with Crippen LogP contribution >= 0.6 is 0 Å². The maximum atomic E-state index is 11.9. The second kappa shape index (κ2) is 6.49. The summed E-state index contributed by atoms with van der Waals surface area (Å²) in [6.07, 6.45) is -4.89. The van der Waals surface area contributed by atoms with Crippen molar-refractivity contribution in [3.63, 3.8) is 0 Å². The molecule has 1 aromatic rings. The molecule has 0 heterocycles. The number of hydrogen-bond donors (Lipinski definition) is 1. The summed E-state index contributed by atoms with van der Waals surface area (Å²) in [5.74, 6) is 0.770. The molecule has 0 aliphatic rings. The summed E-state index contributed by atoms with van der Waals surface area (Å²) in [5.41, 5.74) is 0.940. The molecule has 5 heteroatoms. The smallest absolute Gasteiger partial charge is 0.390 e. The van der Waals surface area contributed by atoms with E-state index in [1.54, 1.807) is 0 Å². The Bertz CT molecular complexity index is 322. The molecule has 1 N–H and O–H groups in total. The zero-order valence-corrected chi connectivity index (χ0v) is 9.68. The summed E-state index contributed by atoms with van der Waals surface area (Å²) in [4.78, 5) is 0. The fraction of sp³-hybridized carbons (Fsp3) is 0.500. The average molecular weight is 247 g/mol. The Kier molecular flexibility index (Phi) is 5.28. The van der Waals surface area contributed by atoms with Gasteiger partial charge >= 0.3 is 6.18 Å². The lowest BCUT2D eigenvalue weighted by molar-refractivity contribution is -0.133. The van der Waals surface area contributed by atoms with E-state index in [1.165, 1.54) is 0 Å². The lowest BCUT2D eigenvalue weighted by Gasteiger charge is -2.08. The molecule has 17 heavy (non-hydrogen) atoms. The van der Waals surface area contributed by atoms with Gasteiger partial charge in [-0.25, -0.2) is 0 Å². The molecule has 2 nitrogen and oxygen atoms in total. The summed E-state index contributed by atoms with van der Waals surface area (Å²) >= 11 is 0. The van der Waals surface area contributed by atoms with E-state index in [0.29, 0.717) is 13.2 Å². The average Bonchev–Trinajstić information content (AvgIpc) is 2.26. The number of halogens is 3. The number of ether oxygens (including phenoxy) is 1. The molecular formula is C12H16F3NO. The number of rotatable bonds is 6. The molecule has 0 bridgehead atoms. The molecule has 96 valence electrons. The minimum atomic E-state index is -4.09. The third-order valence-electron chi connectivity index (χ3n) is 2.15. The van der Waals surface area contributed by atoms with Gasteiger partial charge in [-0.15, -0.1) is 0 Å². The van der Waals surface area contributed by atoms with Gasteiger partial charge in [-0.05, 0) is 24.6 Å². The van der Waals surface area contributed by atoms with Crippen LogP contribution in [-0.4, -0.2) is 19.3 Å². The van der Waals surface area contributed by atoms with Gasteiger partial charge in [-0.1, -0.05) is 12.1 Å². The summed E-state index contributed by atoms with van der Waals surface area (Å²) in [6, 6.07) is 7.30. The molecule has 1 rings (SSSR count). The SMILES string of the molecule is CCOc1ccc(CNCCC(F)(F)F)cc1. The van der Waals surface area contributed by atoms with Gasteiger partial charge in [-0.3, -0.25) is 0 Å². The minimum Gasteiger partial charge on any atom is -0.494 e. The van der Waals surface area contributed by atoms with Crippen molar-refractivity contribution in [2.24, 2.45) is 0 Å². The molecule has 0 saturated carbocycles. The molecular weight excluding hydrogens is 231 g/mol. The van der Waals surface area contributed by atoms with E-state index < -0.39 is 12.6 Å². The number of hydrogen-bond acceptors (Lipinski definition) is 2. The van der Waals surface area contributed by atoms with Crippen molar-refractivity contribution < 1.29 is 17.9 Å². The number of alkyl halides is 3. The lowest BCUT2D eigenvalue weighted by atomic mass is 10.2. The Morgan fingerprint density at radius 3 is 2.35 bits per heavy atom. The van der Waals surface area contributed by atoms with Crippen LogP contribution in [-0.2, 0) is 6.54 Å². The lowest BCUT2D eigenvalue weighted by Crippen LogP contribution is -2.21. The van der Waals surface area contributed by atoms with Gasteiger partial charge < -0.3 is 10.1 Å². The van der Waals surface area contributed by atoms with Gasteiger partial charge in [0.2, 0.25) is 0 Å². The van der Waals surface area contributed by atoms with Gasteiger partial charge in [0.05, 0.1) is 13.0 Å². The highest BCUT2D eigenvalue weighted by atomic mass is 19.4. The van der Waals surface area contributed by atoms with E-state index in [-0.39, 0.29) is 6.54 Å². The number of nitrogens with one attached hydrogen (secondary N) is 1. The van der Waals surface area contributed by atoms with Gasteiger partial charge in [0, 0.05) is 13.1 Å². The predicted octanol–water partition coefficient (Wildman–Crippen LogP) is 3.13. The number of benzene rings is 1. The first-order valence-corrected chi connectivity index (χ1v) is 5.50. The van der Waals surface area contributed by atoms with Crippen LogP contribution in [0.1, 0.15) is 18.9 Å². The Labute approximate surface area is 98.8 Å².